The van der Waals surface area contributed by atoms with Crippen molar-refractivity contribution < 1.29 is 28.5 Å². The van der Waals surface area contributed by atoms with E-state index in [0.717, 1.165) is 39.7 Å². The number of esters is 1. The number of methoxy groups -OCH3 is 2. The summed E-state index contributed by atoms with van der Waals surface area (Å²) in [5.74, 6) is 2.68. The first-order chi connectivity index (χ1) is 14.0. The van der Waals surface area contributed by atoms with Gasteiger partial charge in [0.2, 0.25) is 6.79 Å². The molecule has 2 aromatic carbocycles. The van der Waals surface area contributed by atoms with Crippen LogP contribution < -0.4 is 18.9 Å². The van der Waals surface area contributed by atoms with Crippen LogP contribution in [0.5, 0.6) is 23.0 Å². The van der Waals surface area contributed by atoms with Gasteiger partial charge in [0, 0.05) is 17.4 Å². The number of hydrogen-bond acceptors (Lipinski definition) is 6. The van der Waals surface area contributed by atoms with Crippen LogP contribution in [-0.4, -0.2) is 33.6 Å². The Morgan fingerprint density at radius 3 is 2.17 bits per heavy atom. The monoisotopic (exact) mass is 396 g/mol. The van der Waals surface area contributed by atoms with Crippen molar-refractivity contribution in [2.75, 3.05) is 27.6 Å². The molecule has 29 heavy (non-hydrogen) atoms. The van der Waals surface area contributed by atoms with Crippen LogP contribution in [0.4, 0.5) is 0 Å². The Balaban J connectivity index is 1.75. The lowest BCUT2D eigenvalue weighted by molar-refractivity contribution is -0.141. The van der Waals surface area contributed by atoms with E-state index in [9.17, 15) is 4.79 Å². The molecule has 0 spiro atoms. The Hall–Kier alpha value is -2.89. The van der Waals surface area contributed by atoms with Crippen molar-refractivity contribution >= 4 is 5.97 Å². The quantitative estimate of drug-likeness (QED) is 0.736. The van der Waals surface area contributed by atoms with E-state index in [1.165, 1.54) is 5.56 Å². The van der Waals surface area contributed by atoms with E-state index in [2.05, 4.69) is 13.0 Å². The SMILES string of the molecule is COc1cc([C@@H]2c3cc4c(cc3[C@@H](C)C3COC(=O)C32)OCO4)cc(OC)c1C. The van der Waals surface area contributed by atoms with Gasteiger partial charge in [0.1, 0.15) is 11.5 Å². The molecule has 2 unspecified atom stereocenters. The molecule has 152 valence electrons. The Labute approximate surface area is 169 Å². The molecule has 0 N–H and O–H groups in total. The van der Waals surface area contributed by atoms with Crippen LogP contribution in [0.1, 0.15) is 41.0 Å². The lowest BCUT2D eigenvalue weighted by Gasteiger charge is -2.38. The number of rotatable bonds is 3. The van der Waals surface area contributed by atoms with Crippen molar-refractivity contribution in [1.82, 2.24) is 0 Å². The van der Waals surface area contributed by atoms with E-state index in [1.807, 2.05) is 25.1 Å². The zero-order valence-electron chi connectivity index (χ0n) is 17.0. The molecule has 6 heteroatoms. The van der Waals surface area contributed by atoms with E-state index >= 15 is 0 Å². The fourth-order valence-corrected chi connectivity index (χ4v) is 5.13. The third-order valence-corrected chi connectivity index (χ3v) is 6.69. The summed E-state index contributed by atoms with van der Waals surface area (Å²) in [5.41, 5.74) is 4.16. The number of carbonyl (C=O) groups is 1. The van der Waals surface area contributed by atoms with E-state index < -0.39 is 0 Å². The first kappa shape index (κ1) is 18.2. The minimum absolute atomic E-state index is 0.110. The molecule has 0 saturated carbocycles. The summed E-state index contributed by atoms with van der Waals surface area (Å²) < 4.78 is 28.0. The molecule has 2 heterocycles. The third-order valence-electron chi connectivity index (χ3n) is 6.69. The first-order valence-corrected chi connectivity index (χ1v) is 9.86. The zero-order chi connectivity index (χ0) is 20.3. The number of fused-ring (bicyclic) bond motifs is 3. The van der Waals surface area contributed by atoms with Gasteiger partial charge in [-0.25, -0.2) is 0 Å². The van der Waals surface area contributed by atoms with Crippen LogP contribution in [0.2, 0.25) is 0 Å². The van der Waals surface area contributed by atoms with Gasteiger partial charge in [0.05, 0.1) is 26.7 Å². The van der Waals surface area contributed by atoms with Gasteiger partial charge >= 0.3 is 5.97 Å². The van der Waals surface area contributed by atoms with Crippen molar-refractivity contribution in [2.45, 2.75) is 25.7 Å². The molecule has 6 nitrogen and oxygen atoms in total. The zero-order valence-corrected chi connectivity index (χ0v) is 17.0. The second kappa shape index (κ2) is 6.58. The van der Waals surface area contributed by atoms with Gasteiger partial charge in [0.25, 0.3) is 0 Å². The molecule has 3 aliphatic rings. The van der Waals surface area contributed by atoms with Crippen molar-refractivity contribution in [2.24, 2.45) is 11.8 Å². The number of cyclic esters (lactones) is 1. The Morgan fingerprint density at radius 1 is 0.931 bits per heavy atom. The highest BCUT2D eigenvalue weighted by Gasteiger charge is 2.51. The largest absolute Gasteiger partial charge is 0.496 e. The molecule has 5 rings (SSSR count). The second-order valence-electron chi connectivity index (χ2n) is 7.97. The van der Waals surface area contributed by atoms with Gasteiger partial charge in [-0.3, -0.25) is 4.79 Å². The van der Waals surface area contributed by atoms with Gasteiger partial charge in [-0.05, 0) is 53.8 Å². The average Bonchev–Trinajstić information content (AvgIpc) is 3.34. The molecule has 1 saturated heterocycles. The van der Waals surface area contributed by atoms with Gasteiger partial charge in [0.15, 0.2) is 11.5 Å². The maximum absolute atomic E-state index is 12.8. The summed E-state index contributed by atoms with van der Waals surface area (Å²) in [5, 5.41) is 0. The molecule has 0 radical (unpaired) electrons. The molecule has 0 aromatic heterocycles. The Bertz CT molecular complexity index is 972. The summed E-state index contributed by atoms with van der Waals surface area (Å²) in [6.07, 6.45) is 0. The Kier molecular flexibility index (Phi) is 4.12. The summed E-state index contributed by atoms with van der Waals surface area (Å²) >= 11 is 0. The van der Waals surface area contributed by atoms with Crippen molar-refractivity contribution in [3.63, 3.8) is 0 Å². The van der Waals surface area contributed by atoms with Crippen molar-refractivity contribution in [3.05, 3.63) is 46.5 Å². The molecule has 2 aliphatic heterocycles. The summed E-state index contributed by atoms with van der Waals surface area (Å²) in [6, 6.07) is 8.11. The minimum Gasteiger partial charge on any atom is -0.496 e. The lowest BCUT2D eigenvalue weighted by Crippen LogP contribution is -2.33. The predicted octanol–water partition coefficient (Wildman–Crippen LogP) is 3.78. The summed E-state index contributed by atoms with van der Waals surface area (Å²) in [6.45, 7) is 4.78. The van der Waals surface area contributed by atoms with Crippen LogP contribution in [0.3, 0.4) is 0 Å². The van der Waals surface area contributed by atoms with E-state index in [1.54, 1.807) is 14.2 Å². The van der Waals surface area contributed by atoms with E-state index in [-0.39, 0.29) is 36.4 Å². The summed E-state index contributed by atoms with van der Waals surface area (Å²) in [4.78, 5) is 12.8. The minimum atomic E-state index is -0.255. The number of benzene rings is 2. The fraction of sp³-hybridized carbons (Fsp3) is 0.435. The molecule has 1 fully saturated rings. The molecular weight excluding hydrogens is 372 g/mol. The molecule has 1 aliphatic carbocycles. The van der Waals surface area contributed by atoms with Gasteiger partial charge < -0.3 is 23.7 Å². The number of ether oxygens (including phenoxy) is 5. The fourth-order valence-electron chi connectivity index (χ4n) is 5.13. The normalized spacial score (nSPS) is 26.6. The standard InChI is InChI=1S/C23H24O6/c1-11-14-7-19-20(29-10-28-19)8-15(14)21(22-16(11)9-27-23(22)24)13-5-17(25-3)12(2)18(6-13)26-4/h5-8,11,16,21-22H,9-10H2,1-4H3/t11-,16?,21-,22?/m1/s1. The Morgan fingerprint density at radius 2 is 1.55 bits per heavy atom. The van der Waals surface area contributed by atoms with Crippen LogP contribution in [0.15, 0.2) is 24.3 Å². The topological polar surface area (TPSA) is 63.2 Å². The summed E-state index contributed by atoms with van der Waals surface area (Å²) in [7, 11) is 3.29. The lowest BCUT2D eigenvalue weighted by atomic mass is 9.63. The first-order valence-electron chi connectivity index (χ1n) is 9.86. The van der Waals surface area contributed by atoms with Gasteiger partial charge in [-0.15, -0.1) is 0 Å². The molecule has 0 amide bonds. The van der Waals surface area contributed by atoms with Crippen LogP contribution in [0, 0.1) is 18.8 Å². The van der Waals surface area contributed by atoms with Crippen LogP contribution in [0.25, 0.3) is 0 Å². The molecule has 4 atom stereocenters. The van der Waals surface area contributed by atoms with Gasteiger partial charge in [-0.1, -0.05) is 6.92 Å². The predicted molar refractivity (Wildman–Crippen MR) is 105 cm³/mol. The van der Waals surface area contributed by atoms with Crippen LogP contribution in [-0.2, 0) is 9.53 Å². The highest BCUT2D eigenvalue weighted by molar-refractivity contribution is 5.79. The van der Waals surface area contributed by atoms with E-state index in [0.29, 0.717) is 6.61 Å². The average molecular weight is 396 g/mol. The molecule has 2 aromatic rings. The maximum atomic E-state index is 12.8. The molecule has 0 bridgehead atoms. The van der Waals surface area contributed by atoms with Gasteiger partial charge in [-0.2, -0.15) is 0 Å². The number of hydrogen-bond donors (Lipinski definition) is 0. The number of carbonyl (C=O) groups excluding carboxylic acids is 1. The highest BCUT2D eigenvalue weighted by Crippen LogP contribution is 2.55. The molecular formula is C23H24O6. The van der Waals surface area contributed by atoms with Crippen molar-refractivity contribution in [1.29, 1.82) is 0 Å². The smallest absolute Gasteiger partial charge is 0.310 e. The second-order valence-corrected chi connectivity index (χ2v) is 7.97. The highest BCUT2D eigenvalue weighted by atomic mass is 16.7. The van der Waals surface area contributed by atoms with Crippen LogP contribution >= 0.6 is 0 Å². The maximum Gasteiger partial charge on any atom is 0.310 e. The van der Waals surface area contributed by atoms with Crippen molar-refractivity contribution in [3.8, 4) is 23.0 Å². The van der Waals surface area contributed by atoms with E-state index in [4.69, 9.17) is 23.7 Å². The third kappa shape index (κ3) is 2.58.